The third-order valence-corrected chi connectivity index (χ3v) is 4.65. The van der Waals surface area contributed by atoms with Crippen molar-refractivity contribution in [2.75, 3.05) is 25.5 Å². The van der Waals surface area contributed by atoms with Crippen LogP contribution in [-0.4, -0.2) is 35.5 Å². The maximum atomic E-state index is 12.3. The number of nitrogens with zero attached hydrogens (tertiary/aromatic N) is 2. The first-order valence-electron chi connectivity index (χ1n) is 8.98. The number of benzene rings is 1. The summed E-state index contributed by atoms with van der Waals surface area (Å²) in [4.78, 5) is 16.9. The molecule has 1 fully saturated rings. The molecule has 2 N–H and O–H groups in total. The van der Waals surface area contributed by atoms with Crippen molar-refractivity contribution in [2.24, 2.45) is 5.92 Å². The molecule has 2 aromatic heterocycles. The molecule has 0 spiro atoms. The molecule has 7 nitrogen and oxygen atoms in total. The number of aromatic nitrogens is 2. The molecule has 0 aliphatic carbocycles. The lowest BCUT2D eigenvalue weighted by molar-refractivity contribution is -0.119. The minimum atomic E-state index is 0. The van der Waals surface area contributed by atoms with Gasteiger partial charge in [-0.25, -0.2) is 4.98 Å². The molecule has 1 saturated heterocycles. The summed E-state index contributed by atoms with van der Waals surface area (Å²) in [6.07, 6.45) is 4.74. The topological polar surface area (TPSA) is 76.9 Å². The summed E-state index contributed by atoms with van der Waals surface area (Å²) in [5, 5.41) is 6.16. The van der Waals surface area contributed by atoms with Crippen LogP contribution in [0.3, 0.4) is 0 Å². The average Bonchev–Trinajstić information content (AvgIpc) is 3.36. The van der Waals surface area contributed by atoms with Crippen LogP contribution in [0.5, 0.6) is 11.5 Å². The van der Waals surface area contributed by atoms with Crippen LogP contribution in [0.2, 0.25) is 0 Å². The minimum Gasteiger partial charge on any atom is -0.493 e. The highest BCUT2D eigenvalue weighted by atomic mass is 35.5. The largest absolute Gasteiger partial charge is 0.493 e. The Bertz CT molecular complexity index is 925. The molecule has 1 aliphatic rings. The fraction of sp³-hybridized carbons (Fsp3) is 0.300. The van der Waals surface area contributed by atoms with Gasteiger partial charge >= 0.3 is 0 Å². The van der Waals surface area contributed by atoms with Crippen molar-refractivity contribution in [3.8, 4) is 11.5 Å². The monoisotopic (exact) mass is 438 g/mol. The fourth-order valence-corrected chi connectivity index (χ4v) is 3.20. The van der Waals surface area contributed by atoms with Gasteiger partial charge in [0.1, 0.15) is 12.3 Å². The number of hydrogen-bond acceptors (Lipinski definition) is 5. The molecule has 1 amide bonds. The highest BCUT2D eigenvalue weighted by molar-refractivity contribution is 5.93. The number of nitrogens with one attached hydrogen (secondary N) is 2. The van der Waals surface area contributed by atoms with Crippen molar-refractivity contribution in [1.82, 2.24) is 14.7 Å². The van der Waals surface area contributed by atoms with Crippen LogP contribution in [0.1, 0.15) is 12.1 Å². The molecule has 3 heterocycles. The van der Waals surface area contributed by atoms with E-state index in [-0.39, 0.29) is 36.6 Å². The number of halogens is 2. The summed E-state index contributed by atoms with van der Waals surface area (Å²) in [5.74, 6) is 1.21. The third kappa shape index (κ3) is 5.32. The van der Waals surface area contributed by atoms with Gasteiger partial charge in [-0.3, -0.25) is 4.79 Å². The fourth-order valence-electron chi connectivity index (χ4n) is 3.20. The second-order valence-electron chi connectivity index (χ2n) is 6.53. The van der Waals surface area contributed by atoms with Crippen LogP contribution in [0.4, 0.5) is 5.69 Å². The van der Waals surface area contributed by atoms with E-state index < -0.39 is 0 Å². The lowest BCUT2D eigenvalue weighted by Crippen LogP contribution is -2.24. The van der Waals surface area contributed by atoms with Crippen molar-refractivity contribution in [1.29, 1.82) is 0 Å². The predicted molar refractivity (Wildman–Crippen MR) is 117 cm³/mol. The zero-order chi connectivity index (χ0) is 18.6. The maximum Gasteiger partial charge on any atom is 0.228 e. The predicted octanol–water partition coefficient (Wildman–Crippen LogP) is 3.31. The standard InChI is InChI=1S/C20H22N4O3.2ClH/c1-26-17-6-5-15(23-20(25)14-7-8-21-11-14)10-18(17)27-13-16-12-24-9-3-2-4-19(24)22-16;;/h2-6,9-10,12,14,21H,7-8,11,13H2,1H3,(H,23,25);2*1H. The van der Waals surface area contributed by atoms with Gasteiger partial charge in [-0.1, -0.05) is 6.07 Å². The van der Waals surface area contributed by atoms with Crippen molar-refractivity contribution >= 4 is 42.1 Å². The number of rotatable bonds is 6. The molecular weight excluding hydrogens is 415 g/mol. The smallest absolute Gasteiger partial charge is 0.228 e. The first kappa shape index (κ1) is 22.8. The van der Waals surface area contributed by atoms with Gasteiger partial charge in [-0.05, 0) is 37.2 Å². The van der Waals surface area contributed by atoms with Gasteiger partial charge in [-0.15, -0.1) is 24.8 Å². The molecule has 0 saturated carbocycles. The summed E-state index contributed by atoms with van der Waals surface area (Å²) in [7, 11) is 1.59. The Morgan fingerprint density at radius 2 is 2.14 bits per heavy atom. The van der Waals surface area contributed by atoms with Crippen molar-refractivity contribution in [3.63, 3.8) is 0 Å². The Morgan fingerprint density at radius 3 is 2.86 bits per heavy atom. The lowest BCUT2D eigenvalue weighted by Gasteiger charge is -2.14. The Labute approximate surface area is 181 Å². The van der Waals surface area contributed by atoms with E-state index in [2.05, 4.69) is 15.6 Å². The molecule has 0 radical (unpaired) electrons. The number of amides is 1. The second kappa shape index (κ2) is 10.3. The zero-order valence-corrected chi connectivity index (χ0v) is 17.6. The van der Waals surface area contributed by atoms with E-state index in [0.29, 0.717) is 23.8 Å². The number of ether oxygens (including phenoxy) is 2. The molecule has 3 aromatic rings. The molecule has 1 atom stereocenters. The number of anilines is 1. The first-order chi connectivity index (χ1) is 13.2. The molecule has 1 aromatic carbocycles. The van der Waals surface area contributed by atoms with E-state index in [1.807, 2.05) is 41.1 Å². The number of carbonyl (C=O) groups excluding carboxylic acids is 1. The number of imidazole rings is 1. The highest BCUT2D eigenvalue weighted by Gasteiger charge is 2.22. The summed E-state index contributed by atoms with van der Waals surface area (Å²) >= 11 is 0. The number of fused-ring (bicyclic) bond motifs is 1. The Morgan fingerprint density at radius 1 is 1.28 bits per heavy atom. The van der Waals surface area contributed by atoms with Gasteiger partial charge in [-0.2, -0.15) is 0 Å². The van der Waals surface area contributed by atoms with Crippen molar-refractivity contribution in [3.05, 3.63) is 54.5 Å². The third-order valence-electron chi connectivity index (χ3n) is 4.65. The number of pyridine rings is 1. The second-order valence-corrected chi connectivity index (χ2v) is 6.53. The van der Waals surface area contributed by atoms with Crippen molar-refractivity contribution < 1.29 is 14.3 Å². The first-order valence-corrected chi connectivity index (χ1v) is 8.98. The van der Waals surface area contributed by atoms with E-state index in [4.69, 9.17) is 9.47 Å². The van der Waals surface area contributed by atoms with Gasteiger partial charge < -0.3 is 24.5 Å². The SMILES string of the molecule is COc1ccc(NC(=O)C2CCNC2)cc1OCc1cn2ccccc2n1.Cl.Cl. The van der Waals surface area contributed by atoms with Crippen LogP contribution in [0, 0.1) is 5.92 Å². The van der Waals surface area contributed by atoms with E-state index in [1.54, 1.807) is 19.2 Å². The van der Waals surface area contributed by atoms with Crippen LogP contribution in [0.25, 0.3) is 5.65 Å². The van der Waals surface area contributed by atoms with Gasteiger partial charge in [0, 0.05) is 30.7 Å². The Balaban J connectivity index is 0.00000150. The quantitative estimate of drug-likeness (QED) is 0.617. The maximum absolute atomic E-state index is 12.3. The van der Waals surface area contributed by atoms with Crippen molar-refractivity contribution in [2.45, 2.75) is 13.0 Å². The molecule has 4 rings (SSSR count). The summed E-state index contributed by atoms with van der Waals surface area (Å²) in [6.45, 7) is 1.91. The minimum absolute atomic E-state index is 0. The van der Waals surface area contributed by atoms with E-state index in [1.165, 1.54) is 0 Å². The molecule has 0 bridgehead atoms. The highest BCUT2D eigenvalue weighted by Crippen LogP contribution is 2.31. The summed E-state index contributed by atoms with van der Waals surface area (Å²) in [6, 6.07) is 11.2. The van der Waals surface area contributed by atoms with Crippen LogP contribution < -0.4 is 20.1 Å². The van der Waals surface area contributed by atoms with Gasteiger partial charge in [0.2, 0.25) is 5.91 Å². The van der Waals surface area contributed by atoms with E-state index >= 15 is 0 Å². The van der Waals surface area contributed by atoms with Gasteiger partial charge in [0.05, 0.1) is 18.7 Å². The number of methoxy groups -OCH3 is 1. The van der Waals surface area contributed by atoms with E-state index in [0.717, 1.165) is 30.9 Å². The van der Waals surface area contributed by atoms with Crippen LogP contribution >= 0.6 is 24.8 Å². The summed E-state index contributed by atoms with van der Waals surface area (Å²) < 4.78 is 13.3. The molecule has 9 heteroatoms. The molecule has 1 aliphatic heterocycles. The Kier molecular flexibility index (Phi) is 8.13. The normalized spacial score (nSPS) is 15.3. The van der Waals surface area contributed by atoms with E-state index in [9.17, 15) is 4.79 Å². The number of hydrogen-bond donors (Lipinski definition) is 2. The molecular formula is C20H24Cl2N4O3. The van der Waals surface area contributed by atoms with Crippen LogP contribution in [-0.2, 0) is 11.4 Å². The zero-order valence-electron chi connectivity index (χ0n) is 16.0. The molecule has 29 heavy (non-hydrogen) atoms. The molecule has 1 unspecified atom stereocenters. The summed E-state index contributed by atoms with van der Waals surface area (Å²) in [5.41, 5.74) is 2.38. The number of carbonyl (C=O) groups is 1. The Hall–Kier alpha value is -2.48. The van der Waals surface area contributed by atoms with Crippen LogP contribution in [0.15, 0.2) is 48.8 Å². The van der Waals surface area contributed by atoms with Gasteiger partial charge in [0.25, 0.3) is 0 Å². The molecule has 156 valence electrons. The van der Waals surface area contributed by atoms with Gasteiger partial charge in [0.15, 0.2) is 11.5 Å². The average molecular weight is 439 g/mol. The lowest BCUT2D eigenvalue weighted by atomic mass is 10.1.